The van der Waals surface area contributed by atoms with E-state index in [1.54, 1.807) is 7.05 Å². The Balaban J connectivity index is 2.17. The second kappa shape index (κ2) is 6.36. The van der Waals surface area contributed by atoms with Gasteiger partial charge in [-0.1, -0.05) is 18.7 Å². The Hall–Kier alpha value is -1.12. The predicted molar refractivity (Wildman–Crippen MR) is 72.6 cm³/mol. The van der Waals surface area contributed by atoms with Gasteiger partial charge in [-0.05, 0) is 13.0 Å². The fraction of sp³-hybridized carbons (Fsp3) is 0.727. The maximum Gasteiger partial charge on any atom is 0.339 e. The Morgan fingerprint density at radius 3 is 3.11 bits per heavy atom. The van der Waals surface area contributed by atoms with Gasteiger partial charge in [0, 0.05) is 19.7 Å². The standard InChI is InChI=1S/C11H18N4O3S/c1-3-12-7-4-5-18-6-8(7)19-11-13-9(16)10(17)14-15(11)2/h7-8,12H,3-6H2,1-2H3,(H,14,17). The number of hydrogen-bond acceptors (Lipinski definition) is 6. The third-order valence-corrected chi connectivity index (χ3v) is 4.32. The molecule has 1 saturated heterocycles. The summed E-state index contributed by atoms with van der Waals surface area (Å²) in [4.78, 5) is 26.3. The Kier molecular flexibility index (Phi) is 4.78. The number of aromatic amines is 1. The molecule has 106 valence electrons. The molecule has 2 rings (SSSR count). The van der Waals surface area contributed by atoms with Crippen molar-refractivity contribution in [3.05, 3.63) is 20.7 Å². The van der Waals surface area contributed by atoms with Crippen LogP contribution in [-0.4, -0.2) is 45.8 Å². The van der Waals surface area contributed by atoms with E-state index in [2.05, 4.69) is 22.3 Å². The molecule has 1 aliphatic rings. The molecule has 1 aromatic heterocycles. The average Bonchev–Trinajstić information content (AvgIpc) is 2.38. The maximum absolute atomic E-state index is 11.3. The van der Waals surface area contributed by atoms with Gasteiger partial charge in [0.2, 0.25) is 0 Å². The molecule has 0 spiro atoms. The molecule has 1 fully saturated rings. The van der Waals surface area contributed by atoms with Crippen LogP contribution in [0.25, 0.3) is 0 Å². The Bertz CT molecular complexity index is 539. The molecule has 0 radical (unpaired) electrons. The van der Waals surface area contributed by atoms with Gasteiger partial charge < -0.3 is 10.1 Å². The highest BCUT2D eigenvalue weighted by Crippen LogP contribution is 2.26. The summed E-state index contributed by atoms with van der Waals surface area (Å²) >= 11 is 1.46. The van der Waals surface area contributed by atoms with E-state index in [0.717, 1.165) is 19.6 Å². The van der Waals surface area contributed by atoms with Crippen LogP contribution in [0.2, 0.25) is 0 Å². The van der Waals surface area contributed by atoms with Gasteiger partial charge in [-0.15, -0.1) is 0 Å². The molecule has 2 unspecified atom stereocenters. The van der Waals surface area contributed by atoms with Gasteiger partial charge in [0.25, 0.3) is 0 Å². The summed E-state index contributed by atoms with van der Waals surface area (Å²) in [7, 11) is 1.67. The molecule has 2 atom stereocenters. The summed E-state index contributed by atoms with van der Waals surface area (Å²) in [6.07, 6.45) is 0.933. The lowest BCUT2D eigenvalue weighted by molar-refractivity contribution is 0.0835. The highest BCUT2D eigenvalue weighted by atomic mass is 32.2. The van der Waals surface area contributed by atoms with Gasteiger partial charge in [-0.25, -0.2) is 0 Å². The van der Waals surface area contributed by atoms with E-state index in [4.69, 9.17) is 4.74 Å². The number of nitrogens with zero attached hydrogens (tertiary/aromatic N) is 2. The normalized spacial score (nSPS) is 23.5. The minimum absolute atomic E-state index is 0.178. The number of aryl methyl sites for hydroxylation is 1. The lowest BCUT2D eigenvalue weighted by Crippen LogP contribution is -2.45. The van der Waals surface area contributed by atoms with E-state index in [1.807, 2.05) is 0 Å². The first-order valence-corrected chi connectivity index (χ1v) is 7.15. The van der Waals surface area contributed by atoms with Gasteiger partial charge in [-0.2, -0.15) is 4.98 Å². The van der Waals surface area contributed by atoms with E-state index in [0.29, 0.717) is 17.8 Å². The molecular weight excluding hydrogens is 268 g/mol. The van der Waals surface area contributed by atoms with Crippen LogP contribution >= 0.6 is 11.8 Å². The number of aromatic nitrogens is 3. The van der Waals surface area contributed by atoms with Crippen molar-refractivity contribution < 1.29 is 4.74 Å². The van der Waals surface area contributed by atoms with Crippen LogP contribution in [0.1, 0.15) is 13.3 Å². The average molecular weight is 286 g/mol. The fourth-order valence-electron chi connectivity index (χ4n) is 2.03. The first-order valence-electron chi connectivity index (χ1n) is 6.27. The topological polar surface area (TPSA) is 89.0 Å². The van der Waals surface area contributed by atoms with Crippen LogP contribution in [0.3, 0.4) is 0 Å². The van der Waals surface area contributed by atoms with Gasteiger partial charge in [0.15, 0.2) is 5.16 Å². The van der Waals surface area contributed by atoms with Crippen molar-refractivity contribution in [1.82, 2.24) is 20.1 Å². The van der Waals surface area contributed by atoms with Crippen molar-refractivity contribution in [1.29, 1.82) is 0 Å². The van der Waals surface area contributed by atoms with Gasteiger partial charge in [0.1, 0.15) is 0 Å². The summed E-state index contributed by atoms with van der Waals surface area (Å²) in [5.41, 5.74) is -1.45. The minimum atomic E-state index is -0.752. The quantitative estimate of drug-likeness (QED) is 0.714. The van der Waals surface area contributed by atoms with E-state index in [1.165, 1.54) is 16.4 Å². The number of ether oxygens (including phenoxy) is 1. The lowest BCUT2D eigenvalue weighted by atomic mass is 10.1. The highest BCUT2D eigenvalue weighted by molar-refractivity contribution is 7.99. The first kappa shape index (κ1) is 14.3. The van der Waals surface area contributed by atoms with Crippen LogP contribution in [0.5, 0.6) is 0 Å². The zero-order valence-electron chi connectivity index (χ0n) is 11.0. The van der Waals surface area contributed by atoms with Crippen molar-refractivity contribution >= 4 is 11.8 Å². The molecule has 0 amide bonds. The Morgan fingerprint density at radius 1 is 1.58 bits per heavy atom. The zero-order chi connectivity index (χ0) is 13.8. The third kappa shape index (κ3) is 3.46. The molecule has 0 bridgehead atoms. The van der Waals surface area contributed by atoms with Crippen molar-refractivity contribution in [3.63, 3.8) is 0 Å². The van der Waals surface area contributed by atoms with E-state index in [-0.39, 0.29) is 5.25 Å². The summed E-state index contributed by atoms with van der Waals surface area (Å²) in [5.74, 6) is 0. The van der Waals surface area contributed by atoms with Crippen LogP contribution < -0.4 is 16.4 Å². The molecule has 7 nitrogen and oxygen atoms in total. The highest BCUT2D eigenvalue weighted by Gasteiger charge is 2.27. The number of H-pyrrole nitrogens is 1. The molecule has 0 aromatic carbocycles. The minimum Gasteiger partial charge on any atom is -0.380 e. The van der Waals surface area contributed by atoms with Crippen molar-refractivity contribution in [2.24, 2.45) is 7.05 Å². The molecule has 1 aromatic rings. The predicted octanol–water partition coefficient (Wildman–Crippen LogP) is -0.672. The summed E-state index contributed by atoms with van der Waals surface area (Å²) in [5, 5.41) is 6.54. The lowest BCUT2D eigenvalue weighted by Gasteiger charge is -2.31. The largest absolute Gasteiger partial charge is 0.380 e. The zero-order valence-corrected chi connectivity index (χ0v) is 11.8. The van der Waals surface area contributed by atoms with Gasteiger partial charge in [0.05, 0.1) is 11.9 Å². The van der Waals surface area contributed by atoms with Crippen LogP contribution in [0, 0.1) is 0 Å². The monoisotopic (exact) mass is 286 g/mol. The first-order chi connectivity index (χ1) is 9.11. The van der Waals surface area contributed by atoms with Crippen LogP contribution in [0.15, 0.2) is 14.7 Å². The maximum atomic E-state index is 11.3. The van der Waals surface area contributed by atoms with E-state index in [9.17, 15) is 9.59 Å². The number of rotatable bonds is 4. The third-order valence-electron chi connectivity index (χ3n) is 2.97. The molecule has 19 heavy (non-hydrogen) atoms. The summed E-state index contributed by atoms with van der Waals surface area (Å²) in [6.45, 7) is 4.30. The molecular formula is C11H18N4O3S. The van der Waals surface area contributed by atoms with Crippen molar-refractivity contribution in [2.45, 2.75) is 29.8 Å². The Morgan fingerprint density at radius 2 is 2.37 bits per heavy atom. The van der Waals surface area contributed by atoms with Crippen molar-refractivity contribution in [2.75, 3.05) is 19.8 Å². The van der Waals surface area contributed by atoms with E-state index >= 15 is 0 Å². The molecule has 2 heterocycles. The van der Waals surface area contributed by atoms with Gasteiger partial charge >= 0.3 is 11.1 Å². The second-order valence-electron chi connectivity index (χ2n) is 4.38. The number of thioether (sulfide) groups is 1. The SMILES string of the molecule is CCNC1CCOCC1Sc1nc(=O)c(=O)[nH]n1C. The number of nitrogens with one attached hydrogen (secondary N) is 2. The van der Waals surface area contributed by atoms with Crippen LogP contribution in [-0.2, 0) is 11.8 Å². The number of hydrogen-bond donors (Lipinski definition) is 2. The summed E-state index contributed by atoms with van der Waals surface area (Å²) in [6, 6.07) is 0.326. The smallest absolute Gasteiger partial charge is 0.339 e. The molecule has 2 N–H and O–H groups in total. The Labute approximate surface area is 114 Å². The summed E-state index contributed by atoms with van der Waals surface area (Å²) < 4.78 is 6.95. The van der Waals surface area contributed by atoms with Gasteiger partial charge in [-0.3, -0.25) is 19.4 Å². The molecule has 0 saturated carbocycles. The van der Waals surface area contributed by atoms with Crippen LogP contribution in [0.4, 0.5) is 0 Å². The molecule has 0 aliphatic carbocycles. The van der Waals surface area contributed by atoms with E-state index < -0.39 is 11.1 Å². The fourth-order valence-corrected chi connectivity index (χ4v) is 3.20. The van der Waals surface area contributed by atoms with Crippen molar-refractivity contribution in [3.8, 4) is 0 Å². The second-order valence-corrected chi connectivity index (χ2v) is 5.59. The molecule has 8 heteroatoms. The molecule has 1 aliphatic heterocycles.